The number of nitrogens with zero attached hydrogens (tertiary/aromatic N) is 2. The van der Waals surface area contributed by atoms with E-state index in [0.717, 1.165) is 55.1 Å². The molecule has 1 aliphatic heterocycles. The number of hydrogen-bond donors (Lipinski definition) is 1. The van der Waals surface area contributed by atoms with Crippen LogP contribution in [0.3, 0.4) is 0 Å². The minimum Gasteiger partial charge on any atom is -0.370 e. The first-order chi connectivity index (χ1) is 8.69. The largest absolute Gasteiger partial charge is 0.370 e. The molecule has 1 atom stereocenters. The number of anilines is 1. The molecule has 3 nitrogen and oxygen atoms in total. The third kappa shape index (κ3) is 3.59. The molecule has 0 radical (unpaired) electrons. The van der Waals surface area contributed by atoms with E-state index in [-0.39, 0.29) is 0 Å². The molecule has 2 rings (SSSR count). The molecule has 18 heavy (non-hydrogen) atoms. The van der Waals surface area contributed by atoms with E-state index >= 15 is 0 Å². The Labute approximate surface area is 115 Å². The molecule has 1 unspecified atom stereocenters. The standard InChI is InChI=1S/C14H22ClN3/c1-3-7-16-14-5-4-12(15)13(17-14)10-18-8-6-11(2)9-18/h4-5,11H,3,6-10H2,1-2H3,(H,16,17). The second-order valence-electron chi connectivity index (χ2n) is 5.18. The molecule has 0 saturated carbocycles. The normalized spacial score (nSPS) is 20.3. The molecule has 0 aliphatic carbocycles. The first-order valence-electron chi connectivity index (χ1n) is 6.80. The van der Waals surface area contributed by atoms with Gasteiger partial charge in [-0.25, -0.2) is 4.98 Å². The Morgan fingerprint density at radius 3 is 3.00 bits per heavy atom. The van der Waals surface area contributed by atoms with Crippen LogP contribution in [-0.4, -0.2) is 29.5 Å². The molecular formula is C14H22ClN3. The summed E-state index contributed by atoms with van der Waals surface area (Å²) in [6, 6.07) is 3.90. The summed E-state index contributed by atoms with van der Waals surface area (Å²) >= 11 is 6.23. The molecule has 1 aliphatic rings. The maximum absolute atomic E-state index is 6.23. The maximum Gasteiger partial charge on any atom is 0.126 e. The van der Waals surface area contributed by atoms with E-state index in [2.05, 4.69) is 29.0 Å². The first kappa shape index (κ1) is 13.6. The van der Waals surface area contributed by atoms with Crippen LogP contribution in [0.25, 0.3) is 0 Å². The van der Waals surface area contributed by atoms with Gasteiger partial charge in [0.1, 0.15) is 5.82 Å². The zero-order valence-corrected chi connectivity index (χ0v) is 12.0. The zero-order chi connectivity index (χ0) is 13.0. The molecule has 4 heteroatoms. The van der Waals surface area contributed by atoms with Crippen molar-refractivity contribution in [2.75, 3.05) is 25.0 Å². The fourth-order valence-corrected chi connectivity index (χ4v) is 2.49. The van der Waals surface area contributed by atoms with Crippen LogP contribution in [-0.2, 0) is 6.54 Å². The van der Waals surface area contributed by atoms with Crippen molar-refractivity contribution in [1.82, 2.24) is 9.88 Å². The molecular weight excluding hydrogens is 246 g/mol. The van der Waals surface area contributed by atoms with Crippen molar-refractivity contribution in [2.45, 2.75) is 33.2 Å². The summed E-state index contributed by atoms with van der Waals surface area (Å²) in [5.74, 6) is 1.73. The molecule has 1 aromatic rings. The van der Waals surface area contributed by atoms with Crippen molar-refractivity contribution in [2.24, 2.45) is 5.92 Å². The van der Waals surface area contributed by atoms with Gasteiger partial charge in [0.2, 0.25) is 0 Å². The molecule has 1 fully saturated rings. The van der Waals surface area contributed by atoms with Crippen LogP contribution in [0.1, 0.15) is 32.4 Å². The average Bonchev–Trinajstić information content (AvgIpc) is 2.76. The molecule has 0 bridgehead atoms. The molecule has 0 spiro atoms. The van der Waals surface area contributed by atoms with Gasteiger partial charge in [0.15, 0.2) is 0 Å². The summed E-state index contributed by atoms with van der Waals surface area (Å²) in [6.45, 7) is 8.58. The molecule has 0 amide bonds. The van der Waals surface area contributed by atoms with Crippen LogP contribution in [0.5, 0.6) is 0 Å². The predicted molar refractivity (Wildman–Crippen MR) is 77.1 cm³/mol. The second kappa shape index (κ2) is 6.39. The number of halogens is 1. The van der Waals surface area contributed by atoms with Crippen molar-refractivity contribution in [1.29, 1.82) is 0 Å². The molecule has 0 aromatic carbocycles. The highest BCUT2D eigenvalue weighted by atomic mass is 35.5. The van der Waals surface area contributed by atoms with Crippen LogP contribution in [0.15, 0.2) is 12.1 Å². The lowest BCUT2D eigenvalue weighted by Gasteiger charge is -2.16. The molecule has 100 valence electrons. The van der Waals surface area contributed by atoms with Gasteiger partial charge >= 0.3 is 0 Å². The molecule has 1 aromatic heterocycles. The van der Waals surface area contributed by atoms with Gasteiger partial charge < -0.3 is 5.32 Å². The summed E-state index contributed by atoms with van der Waals surface area (Å²) in [7, 11) is 0. The minimum atomic E-state index is 0.775. The highest BCUT2D eigenvalue weighted by Crippen LogP contribution is 2.22. The Kier molecular flexibility index (Phi) is 4.84. The van der Waals surface area contributed by atoms with Crippen LogP contribution in [0.4, 0.5) is 5.82 Å². The summed E-state index contributed by atoms with van der Waals surface area (Å²) in [5, 5.41) is 4.08. The van der Waals surface area contributed by atoms with E-state index < -0.39 is 0 Å². The minimum absolute atomic E-state index is 0.775. The summed E-state index contributed by atoms with van der Waals surface area (Å²) in [5.41, 5.74) is 0.992. The predicted octanol–water partition coefficient (Wildman–Crippen LogP) is 3.40. The lowest BCUT2D eigenvalue weighted by molar-refractivity contribution is 0.316. The topological polar surface area (TPSA) is 28.2 Å². The summed E-state index contributed by atoms with van der Waals surface area (Å²) < 4.78 is 0. The third-order valence-corrected chi connectivity index (χ3v) is 3.70. The third-order valence-electron chi connectivity index (χ3n) is 3.36. The van der Waals surface area contributed by atoms with Gasteiger partial charge in [-0.3, -0.25) is 4.90 Å². The van der Waals surface area contributed by atoms with Gasteiger partial charge in [-0.05, 0) is 37.4 Å². The van der Waals surface area contributed by atoms with Crippen LogP contribution < -0.4 is 5.32 Å². The van der Waals surface area contributed by atoms with E-state index in [1.54, 1.807) is 0 Å². The second-order valence-corrected chi connectivity index (χ2v) is 5.59. The van der Waals surface area contributed by atoms with Gasteiger partial charge in [0.05, 0.1) is 10.7 Å². The van der Waals surface area contributed by atoms with Crippen molar-refractivity contribution in [3.05, 3.63) is 22.8 Å². The van der Waals surface area contributed by atoms with E-state index in [0.29, 0.717) is 0 Å². The van der Waals surface area contributed by atoms with E-state index in [9.17, 15) is 0 Å². The van der Waals surface area contributed by atoms with E-state index in [1.807, 2.05) is 12.1 Å². The Balaban J connectivity index is 2.01. The van der Waals surface area contributed by atoms with Crippen LogP contribution >= 0.6 is 11.6 Å². The summed E-state index contributed by atoms with van der Waals surface area (Å²) in [4.78, 5) is 7.05. The quantitative estimate of drug-likeness (QED) is 0.886. The van der Waals surface area contributed by atoms with Crippen LogP contribution in [0, 0.1) is 5.92 Å². The number of hydrogen-bond acceptors (Lipinski definition) is 3. The van der Waals surface area contributed by atoms with Gasteiger partial charge in [-0.1, -0.05) is 25.4 Å². The maximum atomic E-state index is 6.23. The fourth-order valence-electron chi connectivity index (χ4n) is 2.33. The van der Waals surface area contributed by atoms with E-state index in [1.165, 1.54) is 6.42 Å². The SMILES string of the molecule is CCCNc1ccc(Cl)c(CN2CCC(C)C2)n1. The van der Waals surface area contributed by atoms with Crippen LogP contribution in [0.2, 0.25) is 5.02 Å². The Hall–Kier alpha value is -0.800. The Morgan fingerprint density at radius 2 is 2.33 bits per heavy atom. The number of aromatic nitrogens is 1. The monoisotopic (exact) mass is 267 g/mol. The number of pyridine rings is 1. The number of nitrogens with one attached hydrogen (secondary N) is 1. The lowest BCUT2D eigenvalue weighted by atomic mass is 10.2. The van der Waals surface area contributed by atoms with Gasteiger partial charge in [0, 0.05) is 19.6 Å². The molecule has 1 N–H and O–H groups in total. The van der Waals surface area contributed by atoms with Gasteiger partial charge in [-0.2, -0.15) is 0 Å². The van der Waals surface area contributed by atoms with Crippen molar-refractivity contribution in [3.63, 3.8) is 0 Å². The summed E-state index contributed by atoms with van der Waals surface area (Å²) in [6.07, 6.45) is 2.38. The molecule has 1 saturated heterocycles. The van der Waals surface area contributed by atoms with Crippen molar-refractivity contribution >= 4 is 17.4 Å². The van der Waals surface area contributed by atoms with Gasteiger partial charge in [0.25, 0.3) is 0 Å². The smallest absolute Gasteiger partial charge is 0.126 e. The fraction of sp³-hybridized carbons (Fsp3) is 0.643. The zero-order valence-electron chi connectivity index (χ0n) is 11.2. The van der Waals surface area contributed by atoms with Gasteiger partial charge in [-0.15, -0.1) is 0 Å². The Morgan fingerprint density at radius 1 is 1.50 bits per heavy atom. The first-order valence-corrected chi connectivity index (χ1v) is 7.18. The highest BCUT2D eigenvalue weighted by Gasteiger charge is 2.19. The Bertz CT molecular complexity index is 395. The highest BCUT2D eigenvalue weighted by molar-refractivity contribution is 6.31. The number of likely N-dealkylation sites (tertiary alicyclic amines) is 1. The average molecular weight is 268 g/mol. The lowest BCUT2D eigenvalue weighted by Crippen LogP contribution is -2.20. The number of rotatable bonds is 5. The molecule has 2 heterocycles. The van der Waals surface area contributed by atoms with E-state index in [4.69, 9.17) is 11.6 Å². The van der Waals surface area contributed by atoms with Crippen molar-refractivity contribution < 1.29 is 0 Å². The van der Waals surface area contributed by atoms with Crippen molar-refractivity contribution in [3.8, 4) is 0 Å².